The van der Waals surface area contributed by atoms with Gasteiger partial charge in [-0.05, 0) is 38.4 Å². The van der Waals surface area contributed by atoms with Crippen LogP contribution in [-0.2, 0) is 19.6 Å². The summed E-state index contributed by atoms with van der Waals surface area (Å²) in [7, 11) is -0.352. The molecule has 0 aromatic heterocycles. The van der Waals surface area contributed by atoms with Crippen LogP contribution in [0.3, 0.4) is 0 Å². The Balaban J connectivity index is 1.72. The van der Waals surface area contributed by atoms with Gasteiger partial charge in [0.25, 0.3) is 5.91 Å². The van der Waals surface area contributed by atoms with Crippen molar-refractivity contribution in [3.8, 4) is 0 Å². The van der Waals surface area contributed by atoms with Crippen molar-refractivity contribution in [1.29, 1.82) is 0 Å². The number of nitrogens with two attached hydrogens (primary N) is 1. The lowest BCUT2D eigenvalue weighted by Crippen LogP contribution is -2.75. The number of nitrogens with zero attached hydrogens (tertiary/aromatic N) is 3. The van der Waals surface area contributed by atoms with Crippen LogP contribution in [0.2, 0.25) is 0 Å². The average Bonchev–Trinajstić information content (AvgIpc) is 2.60. The molecular weight excluding hydrogens is 386 g/mol. The Hall–Kier alpha value is -2.50. The van der Waals surface area contributed by atoms with Crippen LogP contribution in [0.5, 0.6) is 0 Å². The molecule has 0 unspecified atom stereocenters. The van der Waals surface area contributed by atoms with Gasteiger partial charge in [0.05, 0.1) is 24.5 Å². The zero-order valence-electron chi connectivity index (χ0n) is 15.7. The van der Waals surface area contributed by atoms with Gasteiger partial charge in [-0.25, -0.2) is 8.42 Å². The molecule has 2 saturated heterocycles. The third-order valence-corrected chi connectivity index (χ3v) is 7.11. The first-order valence-corrected chi connectivity index (χ1v) is 10.2. The number of likely N-dealkylation sites (tertiary alicyclic amines) is 1. The van der Waals surface area contributed by atoms with Gasteiger partial charge in [0.1, 0.15) is 5.54 Å². The molecule has 0 spiro atoms. The van der Waals surface area contributed by atoms with Crippen LogP contribution in [-0.4, -0.2) is 92.6 Å². The molecule has 0 radical (unpaired) electrons. The first-order chi connectivity index (χ1) is 13.1. The number of nitrogens with one attached hydrogen (secondary N) is 1. The van der Waals surface area contributed by atoms with E-state index in [1.54, 1.807) is 19.0 Å². The molecule has 0 atom stereocenters. The Morgan fingerprint density at radius 1 is 1.18 bits per heavy atom. The largest absolute Gasteiger partial charge is 0.368 e. The SMILES string of the molecule is CN(C)C1(C(N)=O)CN(C(=O)c2ccc(S(=O)(=O)N3CCNC(=O)C3)cc2)C1. The molecule has 2 fully saturated rings. The summed E-state index contributed by atoms with van der Waals surface area (Å²) in [5, 5.41) is 2.58. The summed E-state index contributed by atoms with van der Waals surface area (Å²) in [6.07, 6.45) is 0. The quantitative estimate of drug-likeness (QED) is 0.581. The summed E-state index contributed by atoms with van der Waals surface area (Å²) in [5.41, 5.74) is 4.90. The highest BCUT2D eigenvalue weighted by atomic mass is 32.2. The molecule has 11 heteroatoms. The topological polar surface area (TPSA) is 133 Å². The number of hydrogen-bond donors (Lipinski definition) is 2. The van der Waals surface area contributed by atoms with Crippen LogP contribution in [0, 0.1) is 0 Å². The van der Waals surface area contributed by atoms with E-state index in [0.29, 0.717) is 5.56 Å². The molecule has 0 bridgehead atoms. The van der Waals surface area contributed by atoms with Gasteiger partial charge >= 0.3 is 0 Å². The number of primary amides is 1. The van der Waals surface area contributed by atoms with Crippen molar-refractivity contribution in [3.63, 3.8) is 0 Å². The van der Waals surface area contributed by atoms with Crippen LogP contribution in [0.15, 0.2) is 29.2 Å². The fourth-order valence-corrected chi connectivity index (χ4v) is 4.71. The maximum absolute atomic E-state index is 12.6. The van der Waals surface area contributed by atoms with Crippen molar-refractivity contribution in [2.75, 3.05) is 46.8 Å². The number of amides is 3. The molecule has 1 aromatic rings. The second-order valence-corrected chi connectivity index (χ2v) is 9.10. The Morgan fingerprint density at radius 2 is 1.79 bits per heavy atom. The smallest absolute Gasteiger partial charge is 0.254 e. The van der Waals surface area contributed by atoms with Crippen molar-refractivity contribution in [2.24, 2.45) is 5.73 Å². The number of hydrogen-bond acceptors (Lipinski definition) is 6. The molecular formula is C17H23N5O5S. The molecule has 0 aliphatic carbocycles. The van der Waals surface area contributed by atoms with Crippen LogP contribution in [0.1, 0.15) is 10.4 Å². The number of benzene rings is 1. The van der Waals surface area contributed by atoms with Gasteiger partial charge in [0.2, 0.25) is 21.8 Å². The highest BCUT2D eigenvalue weighted by Crippen LogP contribution is 2.28. The maximum Gasteiger partial charge on any atom is 0.254 e. The molecule has 0 saturated carbocycles. The Kier molecular flexibility index (Phi) is 5.17. The van der Waals surface area contributed by atoms with E-state index in [1.807, 2.05) is 0 Å². The maximum atomic E-state index is 12.6. The number of sulfonamides is 1. The van der Waals surface area contributed by atoms with Gasteiger partial charge in [-0.15, -0.1) is 0 Å². The van der Waals surface area contributed by atoms with Crippen LogP contribution in [0.25, 0.3) is 0 Å². The minimum atomic E-state index is -3.81. The van der Waals surface area contributed by atoms with Gasteiger partial charge < -0.3 is 16.0 Å². The molecule has 2 heterocycles. The molecule has 2 aliphatic heterocycles. The monoisotopic (exact) mass is 409 g/mol. The zero-order valence-corrected chi connectivity index (χ0v) is 16.5. The van der Waals surface area contributed by atoms with Crippen LogP contribution >= 0.6 is 0 Å². The van der Waals surface area contributed by atoms with E-state index in [9.17, 15) is 22.8 Å². The second-order valence-electron chi connectivity index (χ2n) is 7.16. The lowest BCUT2D eigenvalue weighted by molar-refractivity contribution is -0.137. The minimum Gasteiger partial charge on any atom is -0.368 e. The van der Waals surface area contributed by atoms with E-state index >= 15 is 0 Å². The van der Waals surface area contributed by atoms with E-state index in [2.05, 4.69) is 5.32 Å². The van der Waals surface area contributed by atoms with E-state index in [4.69, 9.17) is 5.73 Å². The summed E-state index contributed by atoms with van der Waals surface area (Å²) in [6, 6.07) is 5.56. The molecule has 3 N–H and O–H groups in total. The number of carbonyl (C=O) groups is 3. The van der Waals surface area contributed by atoms with Crippen LogP contribution in [0.4, 0.5) is 0 Å². The summed E-state index contributed by atoms with van der Waals surface area (Å²) in [4.78, 5) is 39.0. The van der Waals surface area contributed by atoms with E-state index in [0.717, 1.165) is 4.31 Å². The van der Waals surface area contributed by atoms with Gasteiger partial charge in [0.15, 0.2) is 0 Å². The lowest BCUT2D eigenvalue weighted by atomic mass is 9.87. The third-order valence-electron chi connectivity index (χ3n) is 5.25. The number of likely N-dealkylation sites (N-methyl/N-ethyl adjacent to an activating group) is 1. The molecule has 3 amide bonds. The van der Waals surface area contributed by atoms with E-state index in [-0.39, 0.29) is 49.4 Å². The van der Waals surface area contributed by atoms with E-state index in [1.165, 1.54) is 29.2 Å². The number of piperazine rings is 1. The highest BCUT2D eigenvalue weighted by Gasteiger charge is 2.51. The lowest BCUT2D eigenvalue weighted by Gasteiger charge is -2.51. The summed E-state index contributed by atoms with van der Waals surface area (Å²) in [5.74, 6) is -1.15. The molecule has 10 nitrogen and oxygen atoms in total. The zero-order chi connectivity index (χ0) is 20.7. The second kappa shape index (κ2) is 7.15. The van der Waals surface area contributed by atoms with Crippen molar-refractivity contribution in [1.82, 2.24) is 19.4 Å². The number of rotatable bonds is 5. The highest BCUT2D eigenvalue weighted by molar-refractivity contribution is 7.89. The minimum absolute atomic E-state index is 0.0159. The van der Waals surface area contributed by atoms with Gasteiger partial charge in [0, 0.05) is 18.7 Å². The van der Waals surface area contributed by atoms with Crippen molar-refractivity contribution < 1.29 is 22.8 Å². The Labute approximate surface area is 163 Å². The number of carbonyl (C=O) groups excluding carboxylic acids is 3. The van der Waals surface area contributed by atoms with Crippen LogP contribution < -0.4 is 11.1 Å². The fraction of sp³-hybridized carbons (Fsp3) is 0.471. The van der Waals surface area contributed by atoms with Gasteiger partial charge in [-0.3, -0.25) is 19.3 Å². The van der Waals surface area contributed by atoms with Gasteiger partial charge in [-0.2, -0.15) is 4.31 Å². The van der Waals surface area contributed by atoms with E-state index < -0.39 is 21.5 Å². The predicted octanol–water partition coefficient (Wildman–Crippen LogP) is -1.95. The van der Waals surface area contributed by atoms with Crippen molar-refractivity contribution in [3.05, 3.63) is 29.8 Å². The molecule has 1 aromatic carbocycles. The van der Waals surface area contributed by atoms with Gasteiger partial charge in [-0.1, -0.05) is 0 Å². The molecule has 2 aliphatic rings. The molecule has 3 rings (SSSR count). The fourth-order valence-electron chi connectivity index (χ4n) is 3.31. The Bertz CT molecular complexity index is 906. The summed E-state index contributed by atoms with van der Waals surface area (Å²) < 4.78 is 26.4. The van der Waals surface area contributed by atoms with Crippen molar-refractivity contribution >= 4 is 27.7 Å². The normalized spacial score (nSPS) is 19.8. The average molecular weight is 409 g/mol. The first-order valence-electron chi connectivity index (χ1n) is 8.71. The Morgan fingerprint density at radius 3 is 2.29 bits per heavy atom. The predicted molar refractivity (Wildman–Crippen MR) is 99.7 cm³/mol. The molecule has 152 valence electrons. The summed E-state index contributed by atoms with van der Waals surface area (Å²) in [6.45, 7) is 0.587. The summed E-state index contributed by atoms with van der Waals surface area (Å²) >= 11 is 0. The molecule has 28 heavy (non-hydrogen) atoms. The standard InChI is InChI=1S/C17H23N5O5S/c1-20(2)17(16(18)25)10-21(11-17)15(24)12-3-5-13(6-4-12)28(26,27)22-8-7-19-14(23)9-22/h3-6H,7-11H2,1-2H3,(H2,18,25)(H,19,23). The van der Waals surface area contributed by atoms with Crippen molar-refractivity contribution in [2.45, 2.75) is 10.4 Å². The first kappa shape index (κ1) is 20.2. The third kappa shape index (κ3) is 3.36.